The van der Waals surface area contributed by atoms with E-state index in [1.807, 2.05) is 0 Å². The van der Waals surface area contributed by atoms with E-state index in [9.17, 15) is 20.0 Å². The maximum Gasteiger partial charge on any atom is 0.281 e. The first-order valence-electron chi connectivity index (χ1n) is 7.36. The molecule has 3 rings (SSSR count). The Morgan fingerprint density at radius 2 is 2.12 bits per heavy atom. The number of ether oxygens (including phenoxy) is 1. The predicted molar refractivity (Wildman–Crippen MR) is 98.2 cm³/mol. The molecule has 0 bridgehead atoms. The molecule has 8 nitrogen and oxygen atoms in total. The molecule has 0 aliphatic heterocycles. The monoisotopic (exact) mass is 371 g/mol. The molecule has 2 N–H and O–H groups in total. The number of hydrazone groups is 1. The van der Waals surface area contributed by atoms with E-state index < -0.39 is 10.8 Å². The van der Waals surface area contributed by atoms with Crippen molar-refractivity contribution in [3.63, 3.8) is 0 Å². The number of thiophene rings is 1. The van der Waals surface area contributed by atoms with Gasteiger partial charge in [-0.05, 0) is 35.9 Å². The number of nitrogens with zero attached hydrogens (tertiary/aromatic N) is 2. The van der Waals surface area contributed by atoms with Crippen molar-refractivity contribution in [1.29, 1.82) is 0 Å². The third kappa shape index (κ3) is 3.62. The molecule has 0 spiro atoms. The Morgan fingerprint density at radius 3 is 2.85 bits per heavy atom. The van der Waals surface area contributed by atoms with Gasteiger partial charge in [0.05, 0.1) is 23.1 Å². The lowest BCUT2D eigenvalue weighted by Crippen LogP contribution is -2.16. The van der Waals surface area contributed by atoms with E-state index in [2.05, 4.69) is 10.5 Å². The van der Waals surface area contributed by atoms with Crippen molar-refractivity contribution in [1.82, 2.24) is 5.43 Å². The van der Waals surface area contributed by atoms with Crippen molar-refractivity contribution in [3.05, 3.63) is 63.0 Å². The molecule has 0 radical (unpaired) electrons. The van der Waals surface area contributed by atoms with Gasteiger partial charge in [-0.3, -0.25) is 14.9 Å². The van der Waals surface area contributed by atoms with Crippen molar-refractivity contribution >= 4 is 39.2 Å². The number of nitro benzene ring substituents is 1. The first-order valence-corrected chi connectivity index (χ1v) is 8.18. The van der Waals surface area contributed by atoms with Gasteiger partial charge < -0.3 is 9.84 Å². The number of fused-ring (bicyclic) bond motifs is 1. The van der Waals surface area contributed by atoms with Crippen LogP contribution in [0.4, 0.5) is 5.69 Å². The largest absolute Gasteiger partial charge is 0.504 e. The number of phenols is 1. The van der Waals surface area contributed by atoms with Gasteiger partial charge in [-0.1, -0.05) is 0 Å². The molecule has 0 unspecified atom stereocenters. The van der Waals surface area contributed by atoms with Crippen LogP contribution in [0.5, 0.6) is 11.5 Å². The van der Waals surface area contributed by atoms with Gasteiger partial charge in [0.2, 0.25) is 0 Å². The number of nitrogens with one attached hydrogen (secondary N) is 1. The van der Waals surface area contributed by atoms with Crippen LogP contribution in [0, 0.1) is 10.1 Å². The maximum absolute atomic E-state index is 12.2. The Balaban J connectivity index is 1.73. The Hall–Kier alpha value is -3.46. The molecule has 0 aliphatic rings. The van der Waals surface area contributed by atoms with Gasteiger partial charge in [0.25, 0.3) is 11.6 Å². The highest BCUT2D eigenvalue weighted by molar-refractivity contribution is 7.20. The summed E-state index contributed by atoms with van der Waals surface area (Å²) in [5.74, 6) is -0.115. The number of hydrogen-bond acceptors (Lipinski definition) is 7. The average molecular weight is 371 g/mol. The number of phenolic OH excluding ortho intramolecular Hbond substituents is 1. The van der Waals surface area contributed by atoms with Crippen LogP contribution in [-0.4, -0.2) is 29.3 Å². The zero-order valence-corrected chi connectivity index (χ0v) is 14.3. The second-order valence-corrected chi connectivity index (χ2v) is 6.30. The van der Waals surface area contributed by atoms with E-state index in [4.69, 9.17) is 4.74 Å². The summed E-state index contributed by atoms with van der Waals surface area (Å²) in [4.78, 5) is 22.9. The lowest BCUT2D eigenvalue weighted by Gasteiger charge is -2.03. The molecule has 0 saturated carbocycles. The number of methoxy groups -OCH3 is 1. The van der Waals surface area contributed by atoms with Crippen molar-refractivity contribution < 1.29 is 19.6 Å². The van der Waals surface area contributed by atoms with E-state index >= 15 is 0 Å². The zero-order chi connectivity index (χ0) is 18.7. The summed E-state index contributed by atoms with van der Waals surface area (Å²) >= 11 is 1.22. The Kier molecular flexibility index (Phi) is 4.81. The topological polar surface area (TPSA) is 114 Å². The van der Waals surface area contributed by atoms with Crippen molar-refractivity contribution in [2.24, 2.45) is 5.10 Å². The van der Waals surface area contributed by atoms with Crippen LogP contribution < -0.4 is 10.2 Å². The molecule has 1 heterocycles. The zero-order valence-electron chi connectivity index (χ0n) is 13.5. The summed E-state index contributed by atoms with van der Waals surface area (Å²) in [6.07, 6.45) is 1.41. The number of nitro groups is 1. The number of carbonyl (C=O) groups is 1. The molecule has 26 heavy (non-hydrogen) atoms. The third-order valence-corrected chi connectivity index (χ3v) is 4.63. The Bertz CT molecular complexity index is 1030. The van der Waals surface area contributed by atoms with Crippen LogP contribution >= 0.6 is 11.3 Å². The van der Waals surface area contributed by atoms with Crippen LogP contribution in [0.15, 0.2) is 47.6 Å². The SMILES string of the molecule is COc1cc(/C=N/NC(=O)c2cc3cc([N+](=O)[O-])ccc3s2)ccc1O. The van der Waals surface area contributed by atoms with E-state index in [1.54, 1.807) is 24.3 Å². The minimum absolute atomic E-state index is 0.00746. The number of amides is 1. The molecule has 132 valence electrons. The minimum atomic E-state index is -0.479. The van der Waals surface area contributed by atoms with Gasteiger partial charge >= 0.3 is 0 Å². The van der Waals surface area contributed by atoms with E-state index in [1.165, 1.54) is 42.9 Å². The van der Waals surface area contributed by atoms with Gasteiger partial charge in [-0.2, -0.15) is 5.10 Å². The van der Waals surface area contributed by atoms with Crippen molar-refractivity contribution in [2.75, 3.05) is 7.11 Å². The van der Waals surface area contributed by atoms with Crippen LogP contribution in [0.3, 0.4) is 0 Å². The van der Waals surface area contributed by atoms with Crippen molar-refractivity contribution in [3.8, 4) is 11.5 Å². The summed E-state index contributed by atoms with van der Waals surface area (Å²) in [5, 5.41) is 24.9. The molecule has 1 aromatic heterocycles. The predicted octanol–water partition coefficient (Wildman–Crippen LogP) is 3.29. The first-order chi connectivity index (χ1) is 12.5. The number of carbonyl (C=O) groups excluding carboxylic acids is 1. The molecule has 3 aromatic rings. The Morgan fingerprint density at radius 1 is 1.31 bits per heavy atom. The number of hydrogen-bond donors (Lipinski definition) is 2. The van der Waals surface area contributed by atoms with E-state index in [-0.39, 0.29) is 11.4 Å². The second-order valence-electron chi connectivity index (χ2n) is 5.22. The normalized spacial score (nSPS) is 11.0. The van der Waals surface area contributed by atoms with Crippen LogP contribution in [0.2, 0.25) is 0 Å². The van der Waals surface area contributed by atoms with Crippen LogP contribution in [0.1, 0.15) is 15.2 Å². The van der Waals surface area contributed by atoms with Gasteiger partial charge in [0.1, 0.15) is 0 Å². The highest BCUT2D eigenvalue weighted by Crippen LogP contribution is 2.29. The molecule has 0 aliphatic carbocycles. The fourth-order valence-electron chi connectivity index (χ4n) is 2.25. The minimum Gasteiger partial charge on any atom is -0.504 e. The summed E-state index contributed by atoms with van der Waals surface area (Å²) in [7, 11) is 1.43. The summed E-state index contributed by atoms with van der Waals surface area (Å²) < 4.78 is 5.77. The van der Waals surface area contributed by atoms with Crippen LogP contribution in [-0.2, 0) is 0 Å². The number of rotatable bonds is 5. The number of benzene rings is 2. The third-order valence-electron chi connectivity index (χ3n) is 3.52. The molecule has 9 heteroatoms. The number of non-ortho nitro benzene ring substituents is 1. The average Bonchev–Trinajstić information content (AvgIpc) is 3.06. The van der Waals surface area contributed by atoms with Gasteiger partial charge in [-0.15, -0.1) is 11.3 Å². The molecule has 0 atom stereocenters. The summed E-state index contributed by atoms with van der Waals surface area (Å²) in [6, 6.07) is 10.7. The lowest BCUT2D eigenvalue weighted by molar-refractivity contribution is -0.384. The van der Waals surface area contributed by atoms with Crippen molar-refractivity contribution in [2.45, 2.75) is 0 Å². The van der Waals surface area contributed by atoms with Crippen LogP contribution in [0.25, 0.3) is 10.1 Å². The molecule has 1 amide bonds. The fourth-order valence-corrected chi connectivity index (χ4v) is 3.18. The van der Waals surface area contributed by atoms with E-state index in [0.29, 0.717) is 21.6 Å². The summed E-state index contributed by atoms with van der Waals surface area (Å²) in [5.41, 5.74) is 3.01. The molecule has 0 fully saturated rings. The quantitative estimate of drug-likeness (QED) is 0.406. The van der Waals surface area contributed by atoms with E-state index in [0.717, 1.165) is 4.70 Å². The number of aromatic hydroxyl groups is 1. The summed E-state index contributed by atoms with van der Waals surface area (Å²) in [6.45, 7) is 0. The fraction of sp³-hybridized carbons (Fsp3) is 0.0588. The molecular formula is C17H13N3O5S. The highest BCUT2D eigenvalue weighted by atomic mass is 32.1. The highest BCUT2D eigenvalue weighted by Gasteiger charge is 2.13. The maximum atomic E-state index is 12.2. The first kappa shape index (κ1) is 17.4. The smallest absolute Gasteiger partial charge is 0.281 e. The Labute approximate surface area is 151 Å². The lowest BCUT2D eigenvalue weighted by atomic mass is 10.2. The standard InChI is InChI=1S/C17H13N3O5S/c1-25-14-6-10(2-4-13(14)21)9-18-19-17(22)16-8-11-7-12(20(23)24)3-5-15(11)26-16/h2-9,21H,1H3,(H,19,22)/b18-9+. The van der Waals surface area contributed by atoms with Gasteiger partial charge in [0.15, 0.2) is 11.5 Å². The second kappa shape index (κ2) is 7.19. The molecular weight excluding hydrogens is 358 g/mol. The molecule has 0 saturated heterocycles. The van der Waals surface area contributed by atoms with Gasteiger partial charge in [0, 0.05) is 22.2 Å². The van der Waals surface area contributed by atoms with Gasteiger partial charge in [-0.25, -0.2) is 5.43 Å². The molecule has 2 aromatic carbocycles.